The largest absolute Gasteiger partial charge is 0.346 e. The first-order valence-electron chi connectivity index (χ1n) is 5.98. The maximum atomic E-state index is 13.2. The van der Waals surface area contributed by atoms with Gasteiger partial charge in [0.25, 0.3) is 11.6 Å². The highest BCUT2D eigenvalue weighted by molar-refractivity contribution is 5.98. The molecule has 0 atom stereocenters. The predicted molar refractivity (Wildman–Crippen MR) is 71.0 cm³/mol. The fourth-order valence-electron chi connectivity index (χ4n) is 1.72. The average molecular weight is 290 g/mol. The van der Waals surface area contributed by atoms with Crippen LogP contribution in [0.3, 0.4) is 0 Å². The molecule has 0 saturated heterocycles. The van der Waals surface area contributed by atoms with Gasteiger partial charge in [0, 0.05) is 12.3 Å². The summed E-state index contributed by atoms with van der Waals surface area (Å²) in [5.74, 6) is -0.917. The smallest absolute Gasteiger partial charge is 0.282 e. The lowest BCUT2D eigenvalue weighted by Crippen LogP contribution is -2.24. The summed E-state index contributed by atoms with van der Waals surface area (Å²) in [4.78, 5) is 30.1. The maximum Gasteiger partial charge on any atom is 0.282 e. The normalized spacial score (nSPS) is 10.2. The molecule has 1 aromatic carbocycles. The minimum atomic E-state index is -0.738. The second-order valence-corrected chi connectivity index (χ2v) is 4.20. The quantitative estimate of drug-likeness (QED) is 0.683. The fraction of sp³-hybridized carbons (Fsp3) is 0.154. The Hall–Kier alpha value is -2.90. The lowest BCUT2D eigenvalue weighted by Gasteiger charge is -2.06. The van der Waals surface area contributed by atoms with E-state index in [4.69, 9.17) is 0 Å². The first kappa shape index (κ1) is 14.5. The Labute approximate surface area is 119 Å². The van der Waals surface area contributed by atoms with Crippen LogP contribution < -0.4 is 5.32 Å². The number of benzene rings is 1. The minimum absolute atomic E-state index is 0.0653. The van der Waals surface area contributed by atoms with Crippen molar-refractivity contribution in [3.8, 4) is 0 Å². The van der Waals surface area contributed by atoms with Crippen molar-refractivity contribution in [2.24, 2.45) is 0 Å². The first-order valence-corrected chi connectivity index (χ1v) is 5.98. The number of nitrogens with zero attached hydrogens (tertiary/aromatic N) is 3. The second-order valence-electron chi connectivity index (χ2n) is 4.20. The van der Waals surface area contributed by atoms with Crippen LogP contribution in [-0.2, 0) is 6.54 Å². The summed E-state index contributed by atoms with van der Waals surface area (Å²) < 4.78 is 13.2. The number of hydrogen-bond donors (Lipinski definition) is 1. The number of nitrogens with one attached hydrogen (secondary N) is 1. The summed E-state index contributed by atoms with van der Waals surface area (Å²) in [7, 11) is 0. The number of nitro groups is 1. The van der Waals surface area contributed by atoms with Gasteiger partial charge in [-0.25, -0.2) is 14.4 Å². The van der Waals surface area contributed by atoms with Crippen LogP contribution in [-0.4, -0.2) is 20.8 Å². The number of carbonyl (C=O) groups is 1. The van der Waals surface area contributed by atoms with Gasteiger partial charge in [0.2, 0.25) is 0 Å². The van der Waals surface area contributed by atoms with Crippen LogP contribution in [0.5, 0.6) is 0 Å². The number of aryl methyl sites for hydroxylation is 1. The zero-order valence-corrected chi connectivity index (χ0v) is 11.0. The molecular weight excluding hydrogens is 279 g/mol. The SMILES string of the molecule is Cc1nccc(CNC(=O)c2cc(F)ccc2[N+](=O)[O-])n1. The van der Waals surface area contributed by atoms with Crippen molar-refractivity contribution in [1.82, 2.24) is 15.3 Å². The number of rotatable bonds is 4. The van der Waals surface area contributed by atoms with E-state index in [0.717, 1.165) is 18.2 Å². The molecule has 2 aromatic rings. The number of amides is 1. The average Bonchev–Trinajstić information content (AvgIpc) is 2.44. The highest BCUT2D eigenvalue weighted by Gasteiger charge is 2.20. The zero-order chi connectivity index (χ0) is 15.4. The van der Waals surface area contributed by atoms with Crippen molar-refractivity contribution in [1.29, 1.82) is 0 Å². The van der Waals surface area contributed by atoms with Crippen LogP contribution in [0.4, 0.5) is 10.1 Å². The van der Waals surface area contributed by atoms with Gasteiger partial charge in [-0.2, -0.15) is 0 Å². The summed E-state index contributed by atoms with van der Waals surface area (Å²) in [5, 5.41) is 13.3. The molecule has 1 aromatic heterocycles. The van der Waals surface area contributed by atoms with E-state index in [2.05, 4.69) is 15.3 Å². The fourth-order valence-corrected chi connectivity index (χ4v) is 1.72. The summed E-state index contributed by atoms with van der Waals surface area (Å²) in [6.07, 6.45) is 1.54. The summed E-state index contributed by atoms with van der Waals surface area (Å²) in [5.41, 5.74) is -0.228. The first-order chi connectivity index (χ1) is 9.97. The van der Waals surface area contributed by atoms with Gasteiger partial charge < -0.3 is 5.32 Å². The van der Waals surface area contributed by atoms with Crippen molar-refractivity contribution < 1.29 is 14.1 Å². The Morgan fingerprint density at radius 2 is 2.19 bits per heavy atom. The third kappa shape index (κ3) is 3.56. The molecule has 0 aliphatic heterocycles. The van der Waals surface area contributed by atoms with E-state index < -0.39 is 22.3 Å². The molecule has 0 unspecified atom stereocenters. The summed E-state index contributed by atoms with van der Waals surface area (Å²) >= 11 is 0. The third-order valence-corrected chi connectivity index (χ3v) is 2.66. The van der Waals surface area contributed by atoms with Crippen molar-refractivity contribution in [3.05, 3.63) is 63.5 Å². The van der Waals surface area contributed by atoms with E-state index in [-0.39, 0.29) is 12.1 Å². The molecule has 0 aliphatic carbocycles. The highest BCUT2D eigenvalue weighted by atomic mass is 19.1. The predicted octanol–water partition coefficient (Wildman–Crippen LogP) is 1.76. The lowest BCUT2D eigenvalue weighted by atomic mass is 10.1. The van der Waals surface area contributed by atoms with E-state index in [9.17, 15) is 19.3 Å². The van der Waals surface area contributed by atoms with Gasteiger partial charge in [-0.05, 0) is 25.1 Å². The molecule has 0 bridgehead atoms. The van der Waals surface area contributed by atoms with Crippen LogP contribution in [0.25, 0.3) is 0 Å². The highest BCUT2D eigenvalue weighted by Crippen LogP contribution is 2.19. The number of carbonyl (C=O) groups excluding carboxylic acids is 1. The molecule has 108 valence electrons. The van der Waals surface area contributed by atoms with E-state index in [1.807, 2.05) is 0 Å². The monoisotopic (exact) mass is 290 g/mol. The van der Waals surface area contributed by atoms with Gasteiger partial charge in [-0.1, -0.05) is 0 Å². The lowest BCUT2D eigenvalue weighted by molar-refractivity contribution is -0.385. The Balaban J connectivity index is 2.17. The van der Waals surface area contributed by atoms with Crippen molar-refractivity contribution in [3.63, 3.8) is 0 Å². The molecular formula is C13H11FN4O3. The van der Waals surface area contributed by atoms with Crippen LogP contribution >= 0.6 is 0 Å². The Kier molecular flexibility index (Phi) is 4.17. The van der Waals surface area contributed by atoms with Gasteiger partial charge in [-0.3, -0.25) is 14.9 Å². The van der Waals surface area contributed by atoms with E-state index in [1.165, 1.54) is 6.20 Å². The second kappa shape index (κ2) is 6.04. The minimum Gasteiger partial charge on any atom is -0.346 e. The van der Waals surface area contributed by atoms with Crippen LogP contribution in [0, 0.1) is 22.9 Å². The number of halogens is 1. The molecule has 0 aliphatic rings. The van der Waals surface area contributed by atoms with Gasteiger partial charge in [0.15, 0.2) is 0 Å². The Morgan fingerprint density at radius 3 is 2.86 bits per heavy atom. The molecule has 0 radical (unpaired) electrons. The molecule has 0 saturated carbocycles. The van der Waals surface area contributed by atoms with Gasteiger partial charge >= 0.3 is 0 Å². The number of hydrogen-bond acceptors (Lipinski definition) is 5. The van der Waals surface area contributed by atoms with Crippen LogP contribution in [0.15, 0.2) is 30.5 Å². The van der Waals surface area contributed by atoms with Crippen molar-refractivity contribution >= 4 is 11.6 Å². The van der Waals surface area contributed by atoms with Gasteiger partial charge in [0.05, 0.1) is 17.2 Å². The number of nitro benzene ring substituents is 1. The van der Waals surface area contributed by atoms with Crippen LogP contribution in [0.2, 0.25) is 0 Å². The van der Waals surface area contributed by atoms with Crippen LogP contribution in [0.1, 0.15) is 21.9 Å². The molecule has 1 N–H and O–H groups in total. The standard InChI is InChI=1S/C13H11FN4O3/c1-8-15-5-4-10(17-8)7-16-13(19)11-6-9(14)2-3-12(11)18(20)21/h2-6H,7H2,1H3,(H,16,19). The Morgan fingerprint density at radius 1 is 1.43 bits per heavy atom. The molecule has 21 heavy (non-hydrogen) atoms. The molecule has 1 heterocycles. The van der Waals surface area contributed by atoms with E-state index in [0.29, 0.717) is 11.5 Å². The zero-order valence-electron chi connectivity index (χ0n) is 11.0. The van der Waals surface area contributed by atoms with E-state index >= 15 is 0 Å². The topological polar surface area (TPSA) is 98.0 Å². The third-order valence-electron chi connectivity index (χ3n) is 2.66. The molecule has 7 nitrogen and oxygen atoms in total. The molecule has 2 rings (SSSR count). The molecule has 0 fully saturated rings. The molecule has 8 heteroatoms. The van der Waals surface area contributed by atoms with E-state index in [1.54, 1.807) is 13.0 Å². The maximum absolute atomic E-state index is 13.2. The summed E-state index contributed by atoms with van der Waals surface area (Å²) in [6.45, 7) is 1.76. The van der Waals surface area contributed by atoms with Gasteiger partial charge in [-0.15, -0.1) is 0 Å². The van der Waals surface area contributed by atoms with Gasteiger partial charge in [0.1, 0.15) is 17.2 Å². The summed E-state index contributed by atoms with van der Waals surface area (Å²) in [6, 6.07) is 4.33. The molecule has 0 spiro atoms. The number of aromatic nitrogens is 2. The van der Waals surface area contributed by atoms with Crippen molar-refractivity contribution in [2.45, 2.75) is 13.5 Å². The Bertz CT molecular complexity index is 706. The molecule has 1 amide bonds. The van der Waals surface area contributed by atoms with Crippen molar-refractivity contribution in [2.75, 3.05) is 0 Å².